The smallest absolute Gasteiger partial charge is 0.275 e. The molecule has 0 fully saturated rings. The molecule has 0 amide bonds. The van der Waals surface area contributed by atoms with Crippen molar-refractivity contribution in [3.8, 4) is 0 Å². The highest BCUT2D eigenvalue weighted by molar-refractivity contribution is 5.52. The normalized spacial score (nSPS) is 11.9. The minimum Gasteiger partial charge on any atom is -0.374 e. The molecule has 16 heavy (non-hydrogen) atoms. The van der Waals surface area contributed by atoms with Crippen molar-refractivity contribution in [2.75, 3.05) is 5.32 Å². The highest BCUT2D eigenvalue weighted by atomic mass is 19.1. The van der Waals surface area contributed by atoms with E-state index in [4.69, 9.17) is 0 Å². The lowest BCUT2D eigenvalue weighted by Gasteiger charge is -2.12. The predicted octanol–water partition coefficient (Wildman–Crippen LogP) is 2.86. The van der Waals surface area contributed by atoms with Crippen LogP contribution >= 0.6 is 0 Å². The van der Waals surface area contributed by atoms with E-state index in [1.165, 1.54) is 6.08 Å². The van der Waals surface area contributed by atoms with E-state index in [0.717, 1.165) is 0 Å². The second-order valence-corrected chi connectivity index (χ2v) is 3.21. The maximum atomic E-state index is 13.3. The number of benzene rings is 1. The molecule has 1 rings (SSSR count). The maximum Gasteiger partial charge on any atom is 0.275 e. The van der Waals surface area contributed by atoms with E-state index in [9.17, 15) is 18.9 Å². The van der Waals surface area contributed by atoms with Crippen LogP contribution in [-0.2, 0) is 0 Å². The Bertz CT molecular complexity index is 412. The monoisotopic (exact) mass is 228 g/mol. The molecule has 0 saturated heterocycles. The van der Waals surface area contributed by atoms with Gasteiger partial charge in [0.05, 0.1) is 17.1 Å². The average Bonchev–Trinajstić information content (AvgIpc) is 2.22. The van der Waals surface area contributed by atoms with Crippen molar-refractivity contribution in [3.05, 3.63) is 46.5 Å². The van der Waals surface area contributed by atoms with Crippen LogP contribution in [-0.4, -0.2) is 11.0 Å². The summed E-state index contributed by atoms with van der Waals surface area (Å²) >= 11 is 0. The number of nitro benzene ring substituents is 1. The lowest BCUT2D eigenvalue weighted by molar-refractivity contribution is -0.385. The molecule has 0 aliphatic rings. The minimum atomic E-state index is -1.000. The molecular formula is C10H10F2N2O2. The van der Waals surface area contributed by atoms with Crippen molar-refractivity contribution in [2.24, 2.45) is 0 Å². The number of nitro groups is 1. The number of rotatable bonds is 4. The van der Waals surface area contributed by atoms with E-state index >= 15 is 0 Å². The molecule has 0 aromatic heterocycles. The van der Waals surface area contributed by atoms with Crippen LogP contribution in [0.4, 0.5) is 20.2 Å². The minimum absolute atomic E-state index is 0.342. The van der Waals surface area contributed by atoms with E-state index in [0.29, 0.717) is 12.1 Å². The second-order valence-electron chi connectivity index (χ2n) is 3.21. The average molecular weight is 228 g/mol. The van der Waals surface area contributed by atoms with Crippen molar-refractivity contribution in [2.45, 2.75) is 13.0 Å². The van der Waals surface area contributed by atoms with Crippen LogP contribution in [0, 0.1) is 21.7 Å². The first-order valence-electron chi connectivity index (χ1n) is 4.48. The summed E-state index contributed by atoms with van der Waals surface area (Å²) in [6.07, 6.45) is 1.46. The Labute approximate surface area is 90.7 Å². The number of hydrogen-bond donors (Lipinski definition) is 1. The molecule has 6 heteroatoms. The van der Waals surface area contributed by atoms with Gasteiger partial charge < -0.3 is 5.32 Å². The maximum absolute atomic E-state index is 13.3. The van der Waals surface area contributed by atoms with Gasteiger partial charge in [0.25, 0.3) is 5.69 Å². The molecule has 0 saturated carbocycles. The third kappa shape index (κ3) is 2.53. The third-order valence-corrected chi connectivity index (χ3v) is 1.96. The summed E-state index contributed by atoms with van der Waals surface area (Å²) in [5, 5.41) is 12.8. The molecule has 0 aliphatic carbocycles. The van der Waals surface area contributed by atoms with E-state index < -0.39 is 27.9 Å². The van der Waals surface area contributed by atoms with Gasteiger partial charge in [0.15, 0.2) is 11.6 Å². The summed E-state index contributed by atoms with van der Waals surface area (Å²) < 4.78 is 26.7. The largest absolute Gasteiger partial charge is 0.374 e. The highest BCUT2D eigenvalue weighted by Crippen LogP contribution is 2.25. The van der Waals surface area contributed by atoms with Gasteiger partial charge in [0.2, 0.25) is 0 Å². The molecule has 0 heterocycles. The Kier molecular flexibility index (Phi) is 3.55. The van der Waals surface area contributed by atoms with Crippen molar-refractivity contribution in [1.82, 2.24) is 0 Å². The topological polar surface area (TPSA) is 55.2 Å². The summed E-state index contributed by atoms with van der Waals surface area (Å²) in [6, 6.07) is 0.994. The zero-order valence-corrected chi connectivity index (χ0v) is 8.54. The second kappa shape index (κ2) is 4.69. The quantitative estimate of drug-likeness (QED) is 0.489. The molecule has 0 bridgehead atoms. The Hall–Kier alpha value is -1.98. The van der Waals surface area contributed by atoms with Gasteiger partial charge in [-0.15, -0.1) is 6.58 Å². The molecule has 86 valence electrons. The van der Waals surface area contributed by atoms with Gasteiger partial charge in [0.1, 0.15) is 5.69 Å². The van der Waals surface area contributed by atoms with Crippen LogP contribution in [0.3, 0.4) is 0 Å². The fourth-order valence-corrected chi connectivity index (χ4v) is 1.09. The van der Waals surface area contributed by atoms with Gasteiger partial charge in [-0.2, -0.15) is 0 Å². The standard InChI is InChI=1S/C10H10F2N2O2/c1-3-6(2)13-10-8(11)4-7(14(15)16)5-9(10)12/h3-6,13H,1H2,2H3. The molecule has 0 radical (unpaired) electrons. The van der Waals surface area contributed by atoms with E-state index in [1.54, 1.807) is 6.92 Å². The van der Waals surface area contributed by atoms with E-state index in [2.05, 4.69) is 11.9 Å². The van der Waals surface area contributed by atoms with Crippen molar-refractivity contribution in [1.29, 1.82) is 0 Å². The third-order valence-electron chi connectivity index (χ3n) is 1.96. The molecule has 1 N–H and O–H groups in total. The molecular weight excluding hydrogens is 218 g/mol. The molecule has 0 spiro atoms. The SMILES string of the molecule is C=CC(C)Nc1c(F)cc([N+](=O)[O-])cc1F. The number of nitrogens with one attached hydrogen (secondary N) is 1. The summed E-state index contributed by atoms with van der Waals surface area (Å²) in [4.78, 5) is 9.48. The number of nitrogens with zero attached hydrogens (tertiary/aromatic N) is 1. The van der Waals surface area contributed by atoms with Crippen molar-refractivity contribution < 1.29 is 13.7 Å². The summed E-state index contributed by atoms with van der Waals surface area (Å²) in [5.74, 6) is -2.00. The van der Waals surface area contributed by atoms with Crippen LogP contribution in [0.5, 0.6) is 0 Å². The Morgan fingerprint density at radius 1 is 1.50 bits per heavy atom. The van der Waals surface area contributed by atoms with Crippen LogP contribution in [0.15, 0.2) is 24.8 Å². The molecule has 1 unspecified atom stereocenters. The Balaban J connectivity index is 3.12. The summed E-state index contributed by atoms with van der Waals surface area (Å²) in [6.45, 7) is 5.09. The first-order valence-corrected chi connectivity index (χ1v) is 4.48. The van der Waals surface area contributed by atoms with Gasteiger partial charge in [-0.3, -0.25) is 10.1 Å². The predicted molar refractivity (Wildman–Crippen MR) is 56.3 cm³/mol. The molecule has 1 aromatic carbocycles. The fourth-order valence-electron chi connectivity index (χ4n) is 1.09. The number of anilines is 1. The van der Waals surface area contributed by atoms with Gasteiger partial charge in [-0.1, -0.05) is 6.08 Å². The van der Waals surface area contributed by atoms with Crippen molar-refractivity contribution in [3.63, 3.8) is 0 Å². The van der Waals surface area contributed by atoms with E-state index in [-0.39, 0.29) is 6.04 Å². The number of hydrogen-bond acceptors (Lipinski definition) is 3. The zero-order chi connectivity index (χ0) is 12.3. The molecule has 1 aromatic rings. The lowest BCUT2D eigenvalue weighted by atomic mass is 10.2. The number of halogens is 2. The number of non-ortho nitro benzene ring substituents is 1. The Morgan fingerprint density at radius 2 is 2.00 bits per heavy atom. The van der Waals surface area contributed by atoms with Crippen LogP contribution in [0.2, 0.25) is 0 Å². The van der Waals surface area contributed by atoms with Gasteiger partial charge in [-0.05, 0) is 6.92 Å². The van der Waals surface area contributed by atoms with Crippen molar-refractivity contribution >= 4 is 11.4 Å². The summed E-state index contributed by atoms with van der Waals surface area (Å²) in [7, 11) is 0. The molecule has 1 atom stereocenters. The summed E-state index contributed by atoms with van der Waals surface area (Å²) in [5.41, 5.74) is -1.01. The van der Waals surface area contributed by atoms with E-state index in [1.807, 2.05) is 0 Å². The lowest BCUT2D eigenvalue weighted by Crippen LogP contribution is -2.14. The fraction of sp³-hybridized carbons (Fsp3) is 0.200. The Morgan fingerprint density at radius 3 is 2.38 bits per heavy atom. The first kappa shape index (κ1) is 12.1. The highest BCUT2D eigenvalue weighted by Gasteiger charge is 2.17. The van der Waals surface area contributed by atoms with Gasteiger partial charge >= 0.3 is 0 Å². The molecule has 0 aliphatic heterocycles. The van der Waals surface area contributed by atoms with Gasteiger partial charge in [0, 0.05) is 6.04 Å². The first-order chi connectivity index (χ1) is 7.45. The van der Waals surface area contributed by atoms with Gasteiger partial charge in [-0.25, -0.2) is 8.78 Å². The van der Waals surface area contributed by atoms with Crippen LogP contribution in [0.1, 0.15) is 6.92 Å². The van der Waals surface area contributed by atoms with Crippen LogP contribution < -0.4 is 5.32 Å². The van der Waals surface area contributed by atoms with Crippen LogP contribution in [0.25, 0.3) is 0 Å². The molecule has 4 nitrogen and oxygen atoms in total. The zero-order valence-electron chi connectivity index (χ0n) is 8.54.